The number of carboxylic acid groups (broad SMARTS) is 1. The van der Waals surface area contributed by atoms with Gasteiger partial charge in [-0.3, -0.25) is 4.79 Å². The predicted molar refractivity (Wildman–Crippen MR) is 109 cm³/mol. The van der Waals surface area contributed by atoms with Gasteiger partial charge in [0.05, 0.1) is 0 Å². The van der Waals surface area contributed by atoms with Crippen LogP contribution in [-0.2, 0) is 11.2 Å². The summed E-state index contributed by atoms with van der Waals surface area (Å²) in [5.41, 5.74) is 14.7. The highest BCUT2D eigenvalue weighted by Gasteiger charge is 2.14. The first-order valence-corrected chi connectivity index (χ1v) is 8.68. The summed E-state index contributed by atoms with van der Waals surface area (Å²) < 4.78 is 4.99. The quantitative estimate of drug-likeness (QED) is 0.319. The van der Waals surface area contributed by atoms with Crippen molar-refractivity contribution in [1.82, 2.24) is 4.98 Å². The molecule has 4 aromatic rings. The van der Waals surface area contributed by atoms with Gasteiger partial charge in [-0.05, 0) is 36.2 Å². The average molecular weight is 379 g/mol. The highest BCUT2D eigenvalue weighted by Crippen LogP contribution is 2.19. The number of anilines is 1. The number of nitrogens with two attached hydrogens (primary N) is 2. The second-order valence-corrected chi connectivity index (χ2v) is 6.51. The molecule has 0 saturated carbocycles. The van der Waals surface area contributed by atoms with Crippen LogP contribution >= 0.6 is 0 Å². The molecule has 0 aliphatic rings. The lowest BCUT2D eigenvalue weighted by Crippen LogP contribution is -2.32. The molecule has 6 N–H and O–H groups in total. The van der Waals surface area contributed by atoms with Crippen LogP contribution in [0, 0.1) is 6.92 Å². The molecular weight excluding hydrogens is 358 g/mol. The van der Waals surface area contributed by atoms with E-state index in [4.69, 9.17) is 21.0 Å². The zero-order valence-electron chi connectivity index (χ0n) is 15.3. The Balaban J connectivity index is 0.000000162. The molecule has 1 atom stereocenters. The van der Waals surface area contributed by atoms with Gasteiger partial charge >= 0.3 is 11.6 Å². The topological polar surface area (TPSA) is 135 Å². The van der Waals surface area contributed by atoms with Crippen molar-refractivity contribution in [3.8, 4) is 0 Å². The molecule has 7 nitrogen and oxygen atoms in total. The molecule has 2 aromatic heterocycles. The maximum absolute atomic E-state index is 11.0. The number of hydrogen-bond donors (Lipinski definition) is 4. The fourth-order valence-electron chi connectivity index (χ4n) is 2.97. The average Bonchev–Trinajstić information content (AvgIpc) is 3.04. The maximum atomic E-state index is 11.0. The lowest BCUT2D eigenvalue weighted by atomic mass is 10.1. The minimum Gasteiger partial charge on any atom is -0.480 e. The van der Waals surface area contributed by atoms with Crippen molar-refractivity contribution < 1.29 is 14.3 Å². The van der Waals surface area contributed by atoms with E-state index in [1.165, 1.54) is 6.07 Å². The van der Waals surface area contributed by atoms with Crippen molar-refractivity contribution >= 4 is 33.5 Å². The van der Waals surface area contributed by atoms with Crippen molar-refractivity contribution in [2.45, 2.75) is 19.4 Å². The van der Waals surface area contributed by atoms with E-state index >= 15 is 0 Å². The molecule has 0 fully saturated rings. The van der Waals surface area contributed by atoms with Gasteiger partial charge in [0, 0.05) is 46.7 Å². The van der Waals surface area contributed by atoms with E-state index < -0.39 is 12.0 Å². The summed E-state index contributed by atoms with van der Waals surface area (Å²) >= 11 is 0. The summed E-state index contributed by atoms with van der Waals surface area (Å²) in [6.07, 6.45) is 2.16. The molecule has 0 unspecified atom stereocenters. The van der Waals surface area contributed by atoms with Crippen LogP contribution in [0.5, 0.6) is 0 Å². The minimum atomic E-state index is -0.972. The monoisotopic (exact) mass is 379 g/mol. The van der Waals surface area contributed by atoms with Gasteiger partial charge in [0.15, 0.2) is 0 Å². The highest BCUT2D eigenvalue weighted by atomic mass is 16.4. The van der Waals surface area contributed by atoms with E-state index in [-0.39, 0.29) is 5.63 Å². The van der Waals surface area contributed by atoms with E-state index in [2.05, 4.69) is 4.98 Å². The Morgan fingerprint density at radius 2 is 1.93 bits per heavy atom. The number of aliphatic carboxylic acids is 1. The molecule has 0 saturated heterocycles. The molecule has 28 heavy (non-hydrogen) atoms. The first-order chi connectivity index (χ1) is 13.3. The van der Waals surface area contributed by atoms with Crippen LogP contribution < -0.4 is 17.1 Å². The molecular formula is C21H21N3O4. The highest BCUT2D eigenvalue weighted by molar-refractivity contribution is 5.84. The summed E-state index contributed by atoms with van der Waals surface area (Å²) in [6, 6.07) is 13.7. The smallest absolute Gasteiger partial charge is 0.336 e. The van der Waals surface area contributed by atoms with Gasteiger partial charge in [-0.2, -0.15) is 0 Å². The lowest BCUT2D eigenvalue weighted by Gasteiger charge is -2.04. The molecule has 0 amide bonds. The zero-order valence-corrected chi connectivity index (χ0v) is 15.3. The number of carbonyl (C=O) groups is 1. The molecule has 0 aliphatic heterocycles. The molecule has 144 valence electrons. The van der Waals surface area contributed by atoms with Crippen LogP contribution in [0.2, 0.25) is 0 Å². The number of aromatic amines is 1. The third-order valence-electron chi connectivity index (χ3n) is 4.41. The van der Waals surface area contributed by atoms with Gasteiger partial charge in [0.1, 0.15) is 11.6 Å². The largest absolute Gasteiger partial charge is 0.480 e. The second-order valence-electron chi connectivity index (χ2n) is 6.51. The van der Waals surface area contributed by atoms with Gasteiger partial charge in [-0.15, -0.1) is 0 Å². The number of aryl methyl sites for hydroxylation is 1. The Morgan fingerprint density at radius 3 is 2.68 bits per heavy atom. The SMILES string of the molecule is Cc1cc(=O)oc2cc(N)ccc12.N[C@@H](Cc1c[nH]c2ccccc12)C(=O)O. The van der Waals surface area contributed by atoms with Crippen LogP contribution in [0.4, 0.5) is 5.69 Å². The third-order valence-corrected chi connectivity index (χ3v) is 4.41. The van der Waals surface area contributed by atoms with E-state index in [0.29, 0.717) is 17.7 Å². The molecule has 0 spiro atoms. The number of nitrogen functional groups attached to an aromatic ring is 1. The predicted octanol–water partition coefficient (Wildman–Crippen LogP) is 2.81. The number of benzene rings is 2. The van der Waals surface area contributed by atoms with Crippen molar-refractivity contribution in [2.75, 3.05) is 5.73 Å². The van der Waals surface area contributed by atoms with Crippen LogP contribution in [-0.4, -0.2) is 22.1 Å². The number of hydrogen-bond acceptors (Lipinski definition) is 5. The van der Waals surface area contributed by atoms with E-state index in [1.807, 2.05) is 43.5 Å². The zero-order chi connectivity index (χ0) is 20.3. The number of nitrogens with one attached hydrogen (secondary N) is 1. The van der Waals surface area contributed by atoms with Gasteiger partial charge < -0.3 is 26.0 Å². The van der Waals surface area contributed by atoms with Crippen LogP contribution in [0.15, 0.2) is 63.9 Å². The Labute approximate surface area is 160 Å². The number of carboxylic acids is 1. The Bertz CT molecular complexity index is 1190. The molecule has 0 radical (unpaired) electrons. The summed E-state index contributed by atoms with van der Waals surface area (Å²) in [5, 5.41) is 10.7. The van der Waals surface area contributed by atoms with Gasteiger partial charge in [0.25, 0.3) is 0 Å². The normalized spacial score (nSPS) is 11.8. The van der Waals surface area contributed by atoms with Crippen molar-refractivity contribution in [3.05, 3.63) is 76.3 Å². The summed E-state index contributed by atoms with van der Waals surface area (Å²) in [6.45, 7) is 1.87. The third kappa shape index (κ3) is 4.21. The fourth-order valence-corrected chi connectivity index (χ4v) is 2.97. The summed E-state index contributed by atoms with van der Waals surface area (Å²) in [5.74, 6) is -0.972. The molecule has 2 heterocycles. The van der Waals surface area contributed by atoms with Crippen LogP contribution in [0.3, 0.4) is 0 Å². The molecule has 4 rings (SSSR count). The van der Waals surface area contributed by atoms with Crippen molar-refractivity contribution in [3.63, 3.8) is 0 Å². The van der Waals surface area contributed by atoms with E-state index in [0.717, 1.165) is 27.4 Å². The first-order valence-electron chi connectivity index (χ1n) is 8.68. The molecule has 2 aromatic carbocycles. The van der Waals surface area contributed by atoms with E-state index in [1.54, 1.807) is 12.1 Å². The fraction of sp³-hybridized carbons (Fsp3) is 0.143. The Kier molecular flexibility index (Phi) is 5.47. The molecule has 0 aliphatic carbocycles. The summed E-state index contributed by atoms with van der Waals surface area (Å²) in [7, 11) is 0. The van der Waals surface area contributed by atoms with E-state index in [9.17, 15) is 9.59 Å². The Hall–Kier alpha value is -3.58. The van der Waals surface area contributed by atoms with Gasteiger partial charge in [0.2, 0.25) is 0 Å². The number of para-hydroxylation sites is 1. The number of fused-ring (bicyclic) bond motifs is 2. The Morgan fingerprint density at radius 1 is 1.18 bits per heavy atom. The van der Waals surface area contributed by atoms with Gasteiger partial charge in [-0.25, -0.2) is 4.79 Å². The minimum absolute atomic E-state index is 0.337. The van der Waals surface area contributed by atoms with Gasteiger partial charge in [-0.1, -0.05) is 18.2 Å². The van der Waals surface area contributed by atoms with Crippen molar-refractivity contribution in [1.29, 1.82) is 0 Å². The molecule has 0 bridgehead atoms. The first kappa shape index (κ1) is 19.2. The maximum Gasteiger partial charge on any atom is 0.336 e. The second kappa shape index (κ2) is 7.98. The number of H-pyrrole nitrogens is 1. The van der Waals surface area contributed by atoms with Crippen molar-refractivity contribution in [2.24, 2.45) is 5.73 Å². The molecule has 7 heteroatoms. The number of rotatable bonds is 3. The lowest BCUT2D eigenvalue weighted by molar-refractivity contribution is -0.138. The number of aromatic nitrogens is 1. The van der Waals surface area contributed by atoms with Crippen LogP contribution in [0.25, 0.3) is 21.9 Å². The summed E-state index contributed by atoms with van der Waals surface area (Å²) in [4.78, 5) is 24.7. The van der Waals surface area contributed by atoms with Crippen LogP contribution in [0.1, 0.15) is 11.1 Å². The standard InChI is InChI=1S/C11H12N2O2.C10H9NO2/c12-9(11(14)15)5-7-6-13-10-4-2-1-3-8(7)10;1-6-4-10(12)13-9-5-7(11)2-3-8(6)9/h1-4,6,9,13H,5,12H2,(H,14,15);2-5H,11H2,1H3/t9-;/m0./s1.